The van der Waals surface area contributed by atoms with Crippen LogP contribution in [0.1, 0.15) is 12.2 Å². The van der Waals surface area contributed by atoms with Gasteiger partial charge in [0.1, 0.15) is 0 Å². The molecule has 7 heteroatoms. The number of tetrazole rings is 1. The van der Waals surface area contributed by atoms with Gasteiger partial charge in [-0.3, -0.25) is 4.90 Å². The van der Waals surface area contributed by atoms with E-state index in [2.05, 4.69) is 20.4 Å². The number of hydrogen-bond donors (Lipinski definition) is 1. The van der Waals surface area contributed by atoms with Gasteiger partial charge in [0.15, 0.2) is 5.82 Å². The highest BCUT2D eigenvalue weighted by atomic mass is 16.5. The summed E-state index contributed by atoms with van der Waals surface area (Å²) in [4.78, 5) is 2.27. The molecule has 1 fully saturated rings. The summed E-state index contributed by atoms with van der Waals surface area (Å²) in [6.45, 7) is 4.98. The second-order valence-corrected chi connectivity index (χ2v) is 3.78. The third-order valence-electron chi connectivity index (χ3n) is 2.60. The van der Waals surface area contributed by atoms with Gasteiger partial charge in [0, 0.05) is 26.2 Å². The van der Waals surface area contributed by atoms with Gasteiger partial charge in [0.05, 0.1) is 19.8 Å². The van der Waals surface area contributed by atoms with Crippen molar-refractivity contribution in [2.24, 2.45) is 0 Å². The molecule has 2 rings (SSSR count). The standard InChI is InChI=1S/C9H17N5O2/c15-5-1-2-14-9(10-11-12-14)8-13-3-6-16-7-4-13/h15H,1-8H2. The molecule has 0 amide bonds. The maximum Gasteiger partial charge on any atom is 0.165 e. The molecular formula is C9H17N5O2. The lowest BCUT2D eigenvalue weighted by atomic mass is 10.4. The molecule has 0 bridgehead atoms. The number of hydrogen-bond acceptors (Lipinski definition) is 6. The van der Waals surface area contributed by atoms with Crippen LogP contribution in [-0.4, -0.2) is 63.1 Å². The number of aromatic nitrogens is 4. The molecule has 1 aliphatic rings. The van der Waals surface area contributed by atoms with Gasteiger partial charge < -0.3 is 9.84 Å². The number of morpholine rings is 1. The van der Waals surface area contributed by atoms with Crippen LogP contribution in [0, 0.1) is 0 Å². The zero-order valence-corrected chi connectivity index (χ0v) is 9.25. The smallest absolute Gasteiger partial charge is 0.165 e. The van der Waals surface area contributed by atoms with Gasteiger partial charge in [-0.1, -0.05) is 0 Å². The Morgan fingerprint density at radius 2 is 2.12 bits per heavy atom. The zero-order valence-electron chi connectivity index (χ0n) is 9.25. The molecule has 0 unspecified atom stereocenters. The molecule has 1 aromatic rings. The van der Waals surface area contributed by atoms with E-state index >= 15 is 0 Å². The summed E-state index contributed by atoms with van der Waals surface area (Å²) in [5.41, 5.74) is 0. The van der Waals surface area contributed by atoms with E-state index in [0.29, 0.717) is 13.0 Å². The molecule has 0 atom stereocenters. The summed E-state index contributed by atoms with van der Waals surface area (Å²) in [6, 6.07) is 0. The minimum Gasteiger partial charge on any atom is -0.396 e. The average Bonchev–Trinajstić information content (AvgIpc) is 2.75. The van der Waals surface area contributed by atoms with Crippen LogP contribution in [0.2, 0.25) is 0 Å². The van der Waals surface area contributed by atoms with Crippen LogP contribution in [0.5, 0.6) is 0 Å². The van der Waals surface area contributed by atoms with E-state index in [1.54, 1.807) is 4.68 Å². The lowest BCUT2D eigenvalue weighted by molar-refractivity contribution is 0.0324. The van der Waals surface area contributed by atoms with Crippen LogP contribution >= 0.6 is 0 Å². The van der Waals surface area contributed by atoms with Gasteiger partial charge >= 0.3 is 0 Å². The molecule has 7 nitrogen and oxygen atoms in total. The number of nitrogens with zero attached hydrogens (tertiary/aromatic N) is 5. The van der Waals surface area contributed by atoms with Gasteiger partial charge in [-0.05, 0) is 16.8 Å². The number of ether oxygens (including phenoxy) is 1. The van der Waals surface area contributed by atoms with E-state index in [1.807, 2.05) is 0 Å². The number of rotatable bonds is 5. The van der Waals surface area contributed by atoms with Crippen molar-refractivity contribution >= 4 is 0 Å². The second kappa shape index (κ2) is 5.88. The van der Waals surface area contributed by atoms with Crippen molar-refractivity contribution in [3.05, 3.63) is 5.82 Å². The Balaban J connectivity index is 1.89. The third kappa shape index (κ3) is 2.97. The minimum atomic E-state index is 0.164. The molecule has 0 spiro atoms. The molecule has 0 saturated carbocycles. The Kier molecular flexibility index (Phi) is 4.20. The van der Waals surface area contributed by atoms with Crippen molar-refractivity contribution < 1.29 is 9.84 Å². The Morgan fingerprint density at radius 3 is 2.88 bits per heavy atom. The van der Waals surface area contributed by atoms with Crippen LogP contribution in [0.4, 0.5) is 0 Å². The first-order valence-electron chi connectivity index (χ1n) is 5.56. The summed E-state index contributed by atoms with van der Waals surface area (Å²) in [6.07, 6.45) is 0.682. The zero-order chi connectivity index (χ0) is 11.2. The molecule has 2 heterocycles. The summed E-state index contributed by atoms with van der Waals surface area (Å²) >= 11 is 0. The maximum atomic E-state index is 8.77. The summed E-state index contributed by atoms with van der Waals surface area (Å²) < 4.78 is 7.04. The Bertz CT molecular complexity index is 311. The fourth-order valence-corrected chi connectivity index (χ4v) is 1.69. The van der Waals surface area contributed by atoms with E-state index in [1.165, 1.54) is 0 Å². The minimum absolute atomic E-state index is 0.164. The lowest BCUT2D eigenvalue weighted by Gasteiger charge is -2.25. The largest absolute Gasteiger partial charge is 0.396 e. The molecular weight excluding hydrogens is 210 g/mol. The van der Waals surface area contributed by atoms with Crippen molar-refractivity contribution in [1.29, 1.82) is 0 Å². The van der Waals surface area contributed by atoms with Crippen molar-refractivity contribution in [2.75, 3.05) is 32.9 Å². The first kappa shape index (κ1) is 11.4. The molecule has 0 aliphatic carbocycles. The highest BCUT2D eigenvalue weighted by Crippen LogP contribution is 2.03. The second-order valence-electron chi connectivity index (χ2n) is 3.78. The number of aliphatic hydroxyl groups excluding tert-OH is 1. The summed E-state index contributed by atoms with van der Waals surface area (Å²) in [5.74, 6) is 0.857. The normalized spacial score (nSPS) is 17.8. The van der Waals surface area contributed by atoms with Crippen molar-refractivity contribution in [1.82, 2.24) is 25.1 Å². The topological polar surface area (TPSA) is 76.3 Å². The molecule has 1 aromatic heterocycles. The summed E-state index contributed by atoms with van der Waals surface area (Å²) in [5, 5.41) is 20.3. The van der Waals surface area contributed by atoms with E-state index in [-0.39, 0.29) is 6.61 Å². The van der Waals surface area contributed by atoms with Crippen molar-refractivity contribution in [2.45, 2.75) is 19.5 Å². The average molecular weight is 227 g/mol. The molecule has 1 N–H and O–H groups in total. The van der Waals surface area contributed by atoms with E-state index in [4.69, 9.17) is 9.84 Å². The van der Waals surface area contributed by atoms with Gasteiger partial charge in [-0.2, -0.15) is 0 Å². The van der Waals surface area contributed by atoms with E-state index < -0.39 is 0 Å². The summed E-state index contributed by atoms with van der Waals surface area (Å²) in [7, 11) is 0. The highest BCUT2D eigenvalue weighted by molar-refractivity contribution is 4.81. The fourth-order valence-electron chi connectivity index (χ4n) is 1.69. The van der Waals surface area contributed by atoms with Crippen LogP contribution in [0.3, 0.4) is 0 Å². The molecule has 0 aromatic carbocycles. The first-order chi connectivity index (χ1) is 7.90. The Labute approximate surface area is 94.0 Å². The van der Waals surface area contributed by atoms with Gasteiger partial charge in [-0.15, -0.1) is 5.10 Å². The van der Waals surface area contributed by atoms with Crippen LogP contribution in [0.25, 0.3) is 0 Å². The molecule has 1 saturated heterocycles. The quantitative estimate of drug-likeness (QED) is 0.687. The van der Waals surface area contributed by atoms with Crippen molar-refractivity contribution in [3.8, 4) is 0 Å². The lowest BCUT2D eigenvalue weighted by Crippen LogP contribution is -2.36. The van der Waals surface area contributed by atoms with Gasteiger partial charge in [0.25, 0.3) is 0 Å². The van der Waals surface area contributed by atoms with Crippen LogP contribution < -0.4 is 0 Å². The highest BCUT2D eigenvalue weighted by Gasteiger charge is 2.14. The SMILES string of the molecule is OCCCn1nnnc1CN1CCOCC1. The third-order valence-corrected chi connectivity index (χ3v) is 2.60. The van der Waals surface area contributed by atoms with E-state index in [0.717, 1.165) is 38.7 Å². The van der Waals surface area contributed by atoms with Crippen LogP contribution in [0.15, 0.2) is 0 Å². The molecule has 16 heavy (non-hydrogen) atoms. The maximum absolute atomic E-state index is 8.77. The van der Waals surface area contributed by atoms with Crippen molar-refractivity contribution in [3.63, 3.8) is 0 Å². The fraction of sp³-hybridized carbons (Fsp3) is 0.889. The van der Waals surface area contributed by atoms with Crippen LogP contribution in [-0.2, 0) is 17.8 Å². The Hall–Kier alpha value is -1.05. The van der Waals surface area contributed by atoms with E-state index in [9.17, 15) is 0 Å². The first-order valence-corrected chi connectivity index (χ1v) is 5.56. The number of aliphatic hydroxyl groups is 1. The Morgan fingerprint density at radius 1 is 1.31 bits per heavy atom. The molecule has 1 aliphatic heterocycles. The monoisotopic (exact) mass is 227 g/mol. The predicted octanol–water partition coefficient (Wildman–Crippen LogP) is -1.11. The number of aryl methyl sites for hydroxylation is 1. The molecule has 0 radical (unpaired) electrons. The van der Waals surface area contributed by atoms with Gasteiger partial charge in [-0.25, -0.2) is 4.68 Å². The predicted molar refractivity (Wildman–Crippen MR) is 55.6 cm³/mol. The van der Waals surface area contributed by atoms with Gasteiger partial charge in [0.2, 0.25) is 0 Å². The molecule has 90 valence electrons.